The van der Waals surface area contributed by atoms with Gasteiger partial charge in [0.05, 0.1) is 0 Å². The summed E-state index contributed by atoms with van der Waals surface area (Å²) < 4.78 is 0. The summed E-state index contributed by atoms with van der Waals surface area (Å²) in [4.78, 5) is 4.77. The van der Waals surface area contributed by atoms with E-state index in [9.17, 15) is 0 Å². The lowest BCUT2D eigenvalue weighted by molar-refractivity contribution is 0.672. The Morgan fingerprint density at radius 3 is 1.40 bits per heavy atom. The van der Waals surface area contributed by atoms with Crippen molar-refractivity contribution < 1.29 is 0 Å². The van der Waals surface area contributed by atoms with Crippen LogP contribution in [0.4, 0.5) is 34.1 Å². The summed E-state index contributed by atoms with van der Waals surface area (Å²) in [5.74, 6) is 0. The molecule has 0 N–H and O–H groups in total. The zero-order valence-electron chi connectivity index (χ0n) is 33.1. The number of nitrogens with zero attached hydrogens (tertiary/aromatic N) is 2. The van der Waals surface area contributed by atoms with Gasteiger partial charge in [0, 0.05) is 39.5 Å². The van der Waals surface area contributed by atoms with Crippen LogP contribution in [0.5, 0.6) is 0 Å². The molecule has 2 heteroatoms. The van der Waals surface area contributed by atoms with Crippen molar-refractivity contribution in [3.8, 4) is 11.1 Å². The number of rotatable bonds is 8. The molecule has 0 bridgehead atoms. The lowest BCUT2D eigenvalue weighted by Crippen LogP contribution is -2.16. The second-order valence-electron chi connectivity index (χ2n) is 15.9. The smallest absolute Gasteiger partial charge is 0.0468 e. The quantitative estimate of drug-likeness (QED) is 0.143. The number of para-hydroxylation sites is 2. The molecule has 0 unspecified atom stereocenters. The van der Waals surface area contributed by atoms with E-state index in [-0.39, 0.29) is 5.41 Å². The number of anilines is 6. The van der Waals surface area contributed by atoms with Gasteiger partial charge >= 0.3 is 0 Å². The summed E-state index contributed by atoms with van der Waals surface area (Å²) in [6, 6.07) is 67.5. The van der Waals surface area contributed by atoms with E-state index in [4.69, 9.17) is 0 Å². The molecular formula is C55H46N2. The largest absolute Gasteiger partial charge is 0.310 e. The predicted molar refractivity (Wildman–Crippen MR) is 245 cm³/mol. The van der Waals surface area contributed by atoms with Crippen LogP contribution in [0.25, 0.3) is 43.4 Å². The molecule has 0 spiro atoms. The monoisotopic (exact) mass is 734 g/mol. The molecule has 0 heterocycles. The highest BCUT2D eigenvalue weighted by molar-refractivity contribution is 6.20. The minimum absolute atomic E-state index is 0.236. The Kier molecular flexibility index (Phi) is 8.45. The molecule has 1 aliphatic rings. The van der Waals surface area contributed by atoms with Gasteiger partial charge in [-0.2, -0.15) is 0 Å². The van der Waals surface area contributed by atoms with Crippen molar-refractivity contribution in [1.82, 2.24) is 0 Å². The van der Waals surface area contributed by atoms with Crippen LogP contribution in [0.3, 0.4) is 0 Å². The summed E-state index contributed by atoms with van der Waals surface area (Å²) in [6.07, 6.45) is 2.04. The van der Waals surface area contributed by atoms with E-state index >= 15 is 0 Å². The van der Waals surface area contributed by atoms with Crippen LogP contribution in [0.1, 0.15) is 49.9 Å². The first-order chi connectivity index (χ1) is 27.9. The van der Waals surface area contributed by atoms with Crippen LogP contribution < -0.4 is 9.80 Å². The third-order valence-corrected chi connectivity index (χ3v) is 12.3. The lowest BCUT2D eigenvalue weighted by Gasteiger charge is -2.28. The molecule has 10 rings (SSSR count). The highest BCUT2D eigenvalue weighted by atomic mass is 15.1. The Hall–Kier alpha value is -6.64. The van der Waals surface area contributed by atoms with E-state index in [0.717, 1.165) is 47.0 Å². The topological polar surface area (TPSA) is 6.48 Å². The van der Waals surface area contributed by atoms with E-state index in [1.807, 2.05) is 0 Å². The normalized spacial score (nSPS) is 12.8. The van der Waals surface area contributed by atoms with Gasteiger partial charge in [-0.05, 0) is 151 Å². The van der Waals surface area contributed by atoms with Crippen molar-refractivity contribution in [3.63, 3.8) is 0 Å². The molecule has 0 fully saturated rings. The summed E-state index contributed by atoms with van der Waals surface area (Å²) in [7, 11) is 0. The molecule has 0 saturated carbocycles. The number of benzene rings is 9. The van der Waals surface area contributed by atoms with Gasteiger partial charge in [0.1, 0.15) is 0 Å². The average Bonchev–Trinajstić information content (AvgIpc) is 3.52. The van der Waals surface area contributed by atoms with Crippen LogP contribution in [-0.2, 0) is 18.3 Å². The van der Waals surface area contributed by atoms with Crippen LogP contribution in [0, 0.1) is 0 Å². The fourth-order valence-corrected chi connectivity index (χ4v) is 9.52. The third kappa shape index (κ3) is 5.70. The Morgan fingerprint density at radius 1 is 0.368 bits per heavy atom. The maximum Gasteiger partial charge on any atom is 0.0468 e. The minimum atomic E-state index is -0.236. The molecule has 0 saturated heterocycles. The second kappa shape index (κ2) is 13.8. The fraction of sp³-hybridized carbons (Fsp3) is 0.127. The number of hydrogen-bond acceptors (Lipinski definition) is 2. The van der Waals surface area contributed by atoms with E-state index in [1.54, 1.807) is 0 Å². The molecule has 276 valence electrons. The lowest BCUT2D eigenvalue weighted by atomic mass is 9.77. The summed E-state index contributed by atoms with van der Waals surface area (Å²) >= 11 is 0. The van der Waals surface area contributed by atoms with Crippen molar-refractivity contribution in [2.24, 2.45) is 0 Å². The first-order valence-corrected chi connectivity index (χ1v) is 20.4. The van der Waals surface area contributed by atoms with Crippen molar-refractivity contribution in [3.05, 3.63) is 204 Å². The zero-order chi connectivity index (χ0) is 38.7. The van der Waals surface area contributed by atoms with Crippen LogP contribution in [0.2, 0.25) is 0 Å². The number of hydrogen-bond donors (Lipinski definition) is 0. The molecule has 0 amide bonds. The molecule has 9 aromatic carbocycles. The molecule has 0 radical (unpaired) electrons. The highest BCUT2D eigenvalue weighted by Crippen LogP contribution is 2.57. The van der Waals surface area contributed by atoms with E-state index in [2.05, 4.69) is 219 Å². The predicted octanol–water partition coefficient (Wildman–Crippen LogP) is 15.5. The summed E-state index contributed by atoms with van der Waals surface area (Å²) in [5, 5.41) is 7.76. The Morgan fingerprint density at radius 2 is 0.842 bits per heavy atom. The van der Waals surface area contributed by atoms with Crippen molar-refractivity contribution in [2.75, 3.05) is 9.80 Å². The van der Waals surface area contributed by atoms with Gasteiger partial charge in [0.15, 0.2) is 0 Å². The minimum Gasteiger partial charge on any atom is -0.310 e. The van der Waals surface area contributed by atoms with E-state index < -0.39 is 0 Å². The summed E-state index contributed by atoms with van der Waals surface area (Å²) in [5.41, 5.74) is 14.9. The van der Waals surface area contributed by atoms with Crippen LogP contribution in [0.15, 0.2) is 182 Å². The van der Waals surface area contributed by atoms with Crippen LogP contribution >= 0.6 is 0 Å². The maximum absolute atomic E-state index is 2.43. The fourth-order valence-electron chi connectivity index (χ4n) is 9.52. The Bertz CT molecular complexity index is 2930. The third-order valence-electron chi connectivity index (χ3n) is 12.3. The Labute approximate surface area is 336 Å². The molecule has 2 nitrogen and oxygen atoms in total. The Balaban J connectivity index is 1.15. The van der Waals surface area contributed by atoms with Gasteiger partial charge in [-0.15, -0.1) is 0 Å². The van der Waals surface area contributed by atoms with Gasteiger partial charge in [0.2, 0.25) is 0 Å². The van der Waals surface area contributed by atoms with Crippen molar-refractivity contribution in [2.45, 2.75) is 46.0 Å². The summed E-state index contributed by atoms with van der Waals surface area (Å²) in [6.45, 7) is 9.29. The second-order valence-corrected chi connectivity index (χ2v) is 15.9. The zero-order valence-corrected chi connectivity index (χ0v) is 33.1. The van der Waals surface area contributed by atoms with Crippen LogP contribution in [-0.4, -0.2) is 0 Å². The van der Waals surface area contributed by atoms with Gasteiger partial charge in [-0.25, -0.2) is 0 Å². The number of fused-ring (bicyclic) bond motifs is 10. The molecule has 0 aliphatic heterocycles. The molecule has 9 aromatic rings. The first-order valence-electron chi connectivity index (χ1n) is 20.4. The first kappa shape index (κ1) is 34.8. The van der Waals surface area contributed by atoms with E-state index in [1.165, 1.54) is 65.7 Å². The number of aryl methyl sites for hydroxylation is 2. The maximum atomic E-state index is 2.43. The van der Waals surface area contributed by atoms with Crippen molar-refractivity contribution >= 4 is 66.4 Å². The highest BCUT2D eigenvalue weighted by Gasteiger charge is 2.40. The van der Waals surface area contributed by atoms with Gasteiger partial charge in [0.25, 0.3) is 0 Å². The van der Waals surface area contributed by atoms with Crippen molar-refractivity contribution in [1.29, 1.82) is 0 Å². The average molecular weight is 735 g/mol. The molecule has 57 heavy (non-hydrogen) atoms. The molecule has 0 atom stereocenters. The molecule has 0 aromatic heterocycles. The van der Waals surface area contributed by atoms with E-state index in [0.29, 0.717) is 0 Å². The van der Waals surface area contributed by atoms with Gasteiger partial charge in [-0.3, -0.25) is 0 Å². The van der Waals surface area contributed by atoms with Gasteiger partial charge in [-0.1, -0.05) is 137 Å². The van der Waals surface area contributed by atoms with Gasteiger partial charge < -0.3 is 9.80 Å². The molecule has 1 aliphatic carbocycles. The standard InChI is InChI=1S/C55H46N2/c1-5-37-21-26-42(27-22-37)56(40-15-9-7-10-16-40)44-30-33-46-39(35-44)25-32-50-52-48-20-14-13-19-47(48)51-36-45(31-34-49(51)54(52)55(3,4)53(46)50)57(41-17-11-8-12-18-41)43-28-23-38(6-2)24-29-43/h7-36H,5-6H2,1-4H3. The SMILES string of the molecule is CCc1ccc(N(c2ccccc2)c2ccc3c4c(ccc3c2)-c2c(c3ccc(N(c5ccccc5)c5ccc(CC)cc5)cc3c3ccccc23)C4(C)C)cc1. The molecular weight excluding hydrogens is 689 g/mol.